The summed E-state index contributed by atoms with van der Waals surface area (Å²) >= 11 is 0. The molecule has 2 aliphatic heterocycles. The fourth-order valence-corrected chi connectivity index (χ4v) is 4.53. The number of nitrogens with zero attached hydrogens (tertiary/aromatic N) is 4. The van der Waals surface area contributed by atoms with Gasteiger partial charge in [0.15, 0.2) is 0 Å². The van der Waals surface area contributed by atoms with Crippen molar-refractivity contribution in [2.75, 3.05) is 76.9 Å². The largest absolute Gasteiger partial charge is 0.416 e. The van der Waals surface area contributed by atoms with Crippen LogP contribution in [0.15, 0.2) is 24.3 Å². The van der Waals surface area contributed by atoms with Crippen LogP contribution < -0.4 is 15.5 Å². The van der Waals surface area contributed by atoms with E-state index >= 15 is 0 Å². The fourth-order valence-electron chi connectivity index (χ4n) is 4.53. The summed E-state index contributed by atoms with van der Waals surface area (Å²) in [7, 11) is 0. The fraction of sp³-hybridized carbons (Fsp3) is 0.667. The van der Waals surface area contributed by atoms with E-state index in [2.05, 4.69) is 20.4 Å². The Morgan fingerprint density at radius 2 is 1.63 bits per heavy atom. The number of piperazine rings is 2. The number of amides is 3. The Hall–Kier alpha value is -2.53. The summed E-state index contributed by atoms with van der Waals surface area (Å²) in [5.74, 6) is 0.0704. The molecule has 3 aliphatic rings. The summed E-state index contributed by atoms with van der Waals surface area (Å²) < 4.78 is 38.9. The molecular weight excluding hydrogens is 461 g/mol. The van der Waals surface area contributed by atoms with E-state index in [9.17, 15) is 22.8 Å². The molecule has 0 unspecified atom stereocenters. The Morgan fingerprint density at radius 3 is 2.29 bits per heavy atom. The molecule has 194 valence electrons. The minimum Gasteiger partial charge on any atom is -0.369 e. The molecule has 3 amide bonds. The zero-order valence-corrected chi connectivity index (χ0v) is 20.0. The topological polar surface area (TPSA) is 71.2 Å². The van der Waals surface area contributed by atoms with Gasteiger partial charge < -0.3 is 20.4 Å². The molecule has 0 aromatic heterocycles. The molecular formula is C24H35F3N6O2. The minimum absolute atomic E-state index is 0.0681. The molecule has 35 heavy (non-hydrogen) atoms. The van der Waals surface area contributed by atoms with Crippen LogP contribution in [-0.4, -0.2) is 105 Å². The second kappa shape index (κ2) is 11.5. The van der Waals surface area contributed by atoms with Crippen molar-refractivity contribution in [3.05, 3.63) is 29.8 Å². The number of anilines is 1. The number of hydrogen-bond acceptors (Lipinski definition) is 5. The van der Waals surface area contributed by atoms with Gasteiger partial charge in [-0.25, -0.2) is 4.79 Å². The van der Waals surface area contributed by atoms with Gasteiger partial charge in [-0.2, -0.15) is 13.2 Å². The van der Waals surface area contributed by atoms with Crippen molar-refractivity contribution in [3.8, 4) is 0 Å². The predicted octanol–water partition coefficient (Wildman–Crippen LogP) is 1.82. The first kappa shape index (κ1) is 25.6. The van der Waals surface area contributed by atoms with Crippen LogP contribution in [0.4, 0.5) is 23.7 Å². The maximum absolute atomic E-state index is 13.0. The van der Waals surface area contributed by atoms with Crippen molar-refractivity contribution in [2.45, 2.75) is 31.5 Å². The Labute approximate surface area is 204 Å². The highest BCUT2D eigenvalue weighted by molar-refractivity contribution is 5.78. The van der Waals surface area contributed by atoms with E-state index in [1.165, 1.54) is 12.1 Å². The number of carbonyl (C=O) groups is 2. The van der Waals surface area contributed by atoms with Crippen LogP contribution >= 0.6 is 0 Å². The Bertz CT molecular complexity index is 863. The smallest absolute Gasteiger partial charge is 0.369 e. The second-order valence-corrected chi connectivity index (χ2v) is 9.57. The first-order valence-electron chi connectivity index (χ1n) is 12.5. The predicted molar refractivity (Wildman–Crippen MR) is 127 cm³/mol. The summed E-state index contributed by atoms with van der Waals surface area (Å²) in [4.78, 5) is 32.5. The molecule has 1 saturated carbocycles. The lowest BCUT2D eigenvalue weighted by atomic mass is 10.1. The Kier molecular flexibility index (Phi) is 8.38. The van der Waals surface area contributed by atoms with Crippen LogP contribution in [0.5, 0.6) is 0 Å². The highest BCUT2D eigenvalue weighted by Crippen LogP contribution is 2.31. The summed E-state index contributed by atoms with van der Waals surface area (Å²) in [6.45, 7) is 7.34. The third-order valence-electron chi connectivity index (χ3n) is 6.81. The van der Waals surface area contributed by atoms with E-state index in [0.29, 0.717) is 64.1 Å². The van der Waals surface area contributed by atoms with Crippen molar-refractivity contribution < 1.29 is 22.8 Å². The molecule has 2 saturated heterocycles. The van der Waals surface area contributed by atoms with Crippen molar-refractivity contribution in [1.29, 1.82) is 0 Å². The van der Waals surface area contributed by atoms with Crippen molar-refractivity contribution in [2.24, 2.45) is 0 Å². The number of urea groups is 1. The molecule has 0 atom stereocenters. The molecule has 3 fully saturated rings. The molecule has 1 aliphatic carbocycles. The maximum atomic E-state index is 13.0. The summed E-state index contributed by atoms with van der Waals surface area (Å²) in [5, 5.41) is 5.98. The second-order valence-electron chi connectivity index (χ2n) is 9.57. The number of alkyl halides is 3. The van der Waals surface area contributed by atoms with Crippen LogP contribution in [0.2, 0.25) is 0 Å². The van der Waals surface area contributed by atoms with Crippen molar-refractivity contribution in [1.82, 2.24) is 25.3 Å². The zero-order valence-electron chi connectivity index (χ0n) is 20.0. The number of halogens is 3. The van der Waals surface area contributed by atoms with E-state index in [1.54, 1.807) is 11.0 Å². The maximum Gasteiger partial charge on any atom is 0.416 e. The molecule has 2 N–H and O–H groups in total. The average Bonchev–Trinajstić information content (AvgIpc) is 3.66. The van der Waals surface area contributed by atoms with Gasteiger partial charge in [0, 0.05) is 70.6 Å². The van der Waals surface area contributed by atoms with Crippen LogP contribution in [0.3, 0.4) is 0 Å². The first-order valence-corrected chi connectivity index (χ1v) is 12.5. The van der Waals surface area contributed by atoms with E-state index in [-0.39, 0.29) is 11.9 Å². The lowest BCUT2D eigenvalue weighted by molar-refractivity contribution is -0.137. The van der Waals surface area contributed by atoms with Crippen LogP contribution in [-0.2, 0) is 11.0 Å². The Balaban J connectivity index is 1.08. The van der Waals surface area contributed by atoms with Crippen molar-refractivity contribution >= 4 is 17.6 Å². The van der Waals surface area contributed by atoms with E-state index in [0.717, 1.165) is 45.0 Å². The molecule has 0 spiro atoms. The molecule has 0 radical (unpaired) electrons. The van der Waals surface area contributed by atoms with Gasteiger partial charge in [0.1, 0.15) is 0 Å². The summed E-state index contributed by atoms with van der Waals surface area (Å²) in [5.41, 5.74) is -0.0102. The van der Waals surface area contributed by atoms with Crippen LogP contribution in [0, 0.1) is 0 Å². The van der Waals surface area contributed by atoms with Crippen molar-refractivity contribution in [3.63, 3.8) is 0 Å². The highest BCUT2D eigenvalue weighted by atomic mass is 19.4. The van der Waals surface area contributed by atoms with Gasteiger partial charge in [-0.3, -0.25) is 14.6 Å². The van der Waals surface area contributed by atoms with Gasteiger partial charge >= 0.3 is 12.2 Å². The van der Waals surface area contributed by atoms with Gasteiger partial charge in [-0.1, -0.05) is 6.07 Å². The van der Waals surface area contributed by atoms with Gasteiger partial charge in [0.2, 0.25) is 5.91 Å². The summed E-state index contributed by atoms with van der Waals surface area (Å²) in [6.07, 6.45) is -1.36. The molecule has 1 aromatic rings. The third kappa shape index (κ3) is 7.73. The average molecular weight is 497 g/mol. The number of hydrogen-bond donors (Lipinski definition) is 2. The molecule has 1 aromatic carbocycles. The molecule has 2 heterocycles. The van der Waals surface area contributed by atoms with E-state index in [4.69, 9.17) is 0 Å². The number of nitrogens with one attached hydrogen (secondary N) is 2. The quantitative estimate of drug-likeness (QED) is 0.538. The summed E-state index contributed by atoms with van der Waals surface area (Å²) in [6, 6.07) is 5.80. The number of benzene rings is 1. The monoisotopic (exact) mass is 496 g/mol. The minimum atomic E-state index is -4.33. The Morgan fingerprint density at radius 1 is 0.943 bits per heavy atom. The molecule has 11 heteroatoms. The number of carbonyl (C=O) groups excluding carboxylic acids is 2. The molecule has 8 nitrogen and oxygen atoms in total. The molecule has 4 rings (SSSR count). The molecule has 0 bridgehead atoms. The first-order chi connectivity index (χ1) is 16.8. The highest BCUT2D eigenvalue weighted by Gasteiger charge is 2.31. The number of rotatable bonds is 8. The van der Waals surface area contributed by atoms with Crippen LogP contribution in [0.25, 0.3) is 0 Å². The lowest BCUT2D eigenvalue weighted by Crippen LogP contribution is -2.53. The van der Waals surface area contributed by atoms with E-state index in [1.807, 2.05) is 4.90 Å². The third-order valence-corrected chi connectivity index (χ3v) is 6.81. The van der Waals surface area contributed by atoms with E-state index < -0.39 is 11.7 Å². The van der Waals surface area contributed by atoms with Crippen LogP contribution in [0.1, 0.15) is 24.8 Å². The lowest BCUT2D eigenvalue weighted by Gasteiger charge is -2.36. The van der Waals surface area contributed by atoms with Gasteiger partial charge in [0.05, 0.1) is 12.1 Å². The normalized spacial score (nSPS) is 20.1. The van der Waals surface area contributed by atoms with Gasteiger partial charge in [-0.15, -0.1) is 0 Å². The zero-order chi connectivity index (χ0) is 24.8. The van der Waals surface area contributed by atoms with Gasteiger partial charge in [-0.05, 0) is 44.0 Å². The standard InChI is InChI=1S/C24H35F3N6O2/c25-24(26,27)19-3-1-4-21(17-19)32-13-9-30(10-14-32)8-2-7-28-23(35)33-15-11-31(12-16-33)18-22(34)29-20-5-6-20/h1,3-4,17,20H,2,5-16,18H2,(H,28,35)(H,29,34). The van der Waals surface area contributed by atoms with Gasteiger partial charge in [0.25, 0.3) is 0 Å². The SMILES string of the molecule is O=C(CN1CCN(C(=O)NCCCN2CCN(c3cccc(C(F)(F)F)c3)CC2)CC1)NC1CC1.